The summed E-state index contributed by atoms with van der Waals surface area (Å²) in [5.74, 6) is -2.06. The van der Waals surface area contributed by atoms with Gasteiger partial charge in [0.15, 0.2) is 22.7 Å². The number of carboxylic acids is 1. The standard InChI is InChI=1S/C41H47N9O10S2/c1-20-25(34(53)30-27(18-60-40(43)58)41(59-2)26-15-23(26)17-50(41)32(30)33(20)52)5-4-14-61-62-19-28(38(56)57)47-29(51)6-3-13-44-36(54)22-10-7-21(8-11-22)9-12-24-16-45-35-31(46-24)37(55)49-39(42)48-35/h7-8,10-11,16,23,26-28H,3-6,9,12-15,17-19H2,1-2H3,(H2,43,58)(H,44,54)(H,47,51)(H,56,57)(H3,42,45,48,49,55)/t23-,26-,27+,28+,41-/m0/s1. The molecule has 2 aliphatic carbocycles. The van der Waals surface area contributed by atoms with Gasteiger partial charge in [-0.3, -0.25) is 29.0 Å². The number of hydrogen-bond acceptors (Lipinski definition) is 16. The fraction of sp³-hybridized carbons (Fsp3) is 0.463. The van der Waals surface area contributed by atoms with Gasteiger partial charge in [0.25, 0.3) is 11.5 Å². The Hall–Kier alpha value is -5.80. The molecule has 4 heterocycles. The van der Waals surface area contributed by atoms with Crippen LogP contribution in [0.2, 0.25) is 0 Å². The summed E-state index contributed by atoms with van der Waals surface area (Å²) in [6, 6.07) is 5.87. The van der Waals surface area contributed by atoms with Crippen molar-refractivity contribution in [1.82, 2.24) is 35.5 Å². The number of carbonyl (C=O) groups excluding carboxylic acids is 5. The van der Waals surface area contributed by atoms with Crippen molar-refractivity contribution in [2.45, 2.75) is 63.6 Å². The molecular formula is C41H47N9O10S2. The van der Waals surface area contributed by atoms with E-state index in [4.69, 9.17) is 20.9 Å². The summed E-state index contributed by atoms with van der Waals surface area (Å²) in [5, 5.41) is 15.1. The molecule has 4 aliphatic rings. The summed E-state index contributed by atoms with van der Waals surface area (Å²) in [6.07, 6.45) is 3.71. The summed E-state index contributed by atoms with van der Waals surface area (Å²) >= 11 is 0. The molecule has 19 nitrogen and oxygen atoms in total. The van der Waals surface area contributed by atoms with Gasteiger partial charge in [0.05, 0.1) is 23.5 Å². The monoisotopic (exact) mass is 889 g/mol. The second kappa shape index (κ2) is 18.7. The maximum atomic E-state index is 14.0. The zero-order valence-electron chi connectivity index (χ0n) is 34.1. The number of aliphatic carboxylic acids is 1. The maximum Gasteiger partial charge on any atom is 0.404 e. The number of ketones is 2. The lowest BCUT2D eigenvalue weighted by Crippen LogP contribution is -2.51. The van der Waals surface area contributed by atoms with E-state index in [1.807, 2.05) is 17.0 Å². The third-order valence-corrected chi connectivity index (χ3v) is 14.3. The number of methoxy groups -OCH3 is 1. The Morgan fingerprint density at radius 2 is 1.84 bits per heavy atom. The van der Waals surface area contributed by atoms with E-state index in [0.717, 1.165) is 12.0 Å². The highest BCUT2D eigenvalue weighted by molar-refractivity contribution is 8.76. The number of hydrogen-bond donors (Lipinski definition) is 6. The lowest BCUT2D eigenvalue weighted by Gasteiger charge is -2.40. The zero-order valence-corrected chi connectivity index (χ0v) is 35.7. The second-order valence-electron chi connectivity index (χ2n) is 15.6. The molecule has 7 rings (SSSR count). The average molecular weight is 890 g/mol. The highest BCUT2D eigenvalue weighted by Gasteiger charge is 2.72. The van der Waals surface area contributed by atoms with Crippen LogP contribution in [0, 0.1) is 17.8 Å². The van der Waals surface area contributed by atoms with Crippen LogP contribution in [0.1, 0.15) is 60.6 Å². The summed E-state index contributed by atoms with van der Waals surface area (Å²) in [7, 11) is 4.23. The first-order valence-corrected chi connectivity index (χ1v) is 22.7. The van der Waals surface area contributed by atoms with Crippen LogP contribution in [-0.2, 0) is 41.5 Å². The fourth-order valence-corrected chi connectivity index (χ4v) is 10.9. The van der Waals surface area contributed by atoms with E-state index in [0.29, 0.717) is 84.0 Å². The topological polar surface area (TPSA) is 292 Å². The number of carboxylic acid groups (broad SMARTS) is 1. The van der Waals surface area contributed by atoms with Gasteiger partial charge in [-0.25, -0.2) is 19.6 Å². The number of rotatable bonds is 20. The number of anilines is 1. The van der Waals surface area contributed by atoms with Gasteiger partial charge in [0, 0.05) is 66.3 Å². The molecule has 21 heteroatoms. The number of Topliss-reactive ketones (excluding diaryl/α,β-unsaturated/α-hetero) is 2. The van der Waals surface area contributed by atoms with Crippen molar-refractivity contribution in [1.29, 1.82) is 0 Å². The second-order valence-corrected chi connectivity index (χ2v) is 18.2. The van der Waals surface area contributed by atoms with E-state index in [1.165, 1.54) is 21.6 Å². The molecule has 0 unspecified atom stereocenters. The van der Waals surface area contributed by atoms with Gasteiger partial charge in [0.2, 0.25) is 17.6 Å². The number of benzene rings is 1. The first-order chi connectivity index (χ1) is 29.7. The molecule has 2 aliphatic heterocycles. The van der Waals surface area contributed by atoms with E-state index < -0.39 is 41.2 Å². The molecule has 3 aromatic rings. The zero-order chi connectivity index (χ0) is 44.3. The highest BCUT2D eigenvalue weighted by Crippen LogP contribution is 2.65. The van der Waals surface area contributed by atoms with Crippen LogP contribution in [0.5, 0.6) is 0 Å². The minimum atomic E-state index is -1.18. The molecular weight excluding hydrogens is 843 g/mol. The van der Waals surface area contributed by atoms with Crippen LogP contribution in [0.25, 0.3) is 11.2 Å². The summed E-state index contributed by atoms with van der Waals surface area (Å²) in [5.41, 5.74) is 13.1. The molecule has 1 aromatic carbocycles. The third kappa shape index (κ3) is 9.05. The first-order valence-electron chi connectivity index (χ1n) is 20.2. The van der Waals surface area contributed by atoms with Crippen molar-refractivity contribution in [3.8, 4) is 0 Å². The number of H-pyrrole nitrogens is 1. The van der Waals surface area contributed by atoms with E-state index in [-0.39, 0.29) is 65.8 Å². The van der Waals surface area contributed by atoms with Crippen LogP contribution >= 0.6 is 21.6 Å². The van der Waals surface area contributed by atoms with E-state index >= 15 is 0 Å². The average Bonchev–Trinajstić information content (AvgIpc) is 3.86. The van der Waals surface area contributed by atoms with Crippen molar-refractivity contribution in [3.63, 3.8) is 0 Å². The number of nitrogen functional groups attached to an aromatic ring is 1. The van der Waals surface area contributed by atoms with Gasteiger partial charge in [-0.2, -0.15) is 4.98 Å². The van der Waals surface area contributed by atoms with Crippen molar-refractivity contribution in [2.75, 3.05) is 44.0 Å². The van der Waals surface area contributed by atoms with E-state index in [2.05, 4.69) is 30.6 Å². The van der Waals surface area contributed by atoms with Crippen LogP contribution in [-0.4, -0.2) is 115 Å². The Morgan fingerprint density at radius 3 is 2.56 bits per heavy atom. The molecule has 2 fully saturated rings. The number of carbonyl (C=O) groups is 6. The van der Waals surface area contributed by atoms with Gasteiger partial charge in [0.1, 0.15) is 12.6 Å². The lowest BCUT2D eigenvalue weighted by atomic mass is 9.79. The number of nitrogens with two attached hydrogens (primary N) is 2. The number of primary amides is 1. The third-order valence-electron chi connectivity index (χ3n) is 11.8. The highest BCUT2D eigenvalue weighted by atomic mass is 33.1. The van der Waals surface area contributed by atoms with Gasteiger partial charge in [-0.1, -0.05) is 33.7 Å². The number of ether oxygens (including phenoxy) is 2. The minimum absolute atomic E-state index is 0.00710. The van der Waals surface area contributed by atoms with Crippen molar-refractivity contribution in [3.05, 3.63) is 80.1 Å². The number of amides is 3. The lowest BCUT2D eigenvalue weighted by molar-refractivity contribution is -0.146. The van der Waals surface area contributed by atoms with Crippen LogP contribution in [0.3, 0.4) is 0 Å². The number of aromatic amines is 1. The Balaban J connectivity index is 0.802. The van der Waals surface area contributed by atoms with Crippen molar-refractivity contribution in [2.24, 2.45) is 23.5 Å². The maximum absolute atomic E-state index is 14.0. The molecule has 5 atom stereocenters. The molecule has 0 radical (unpaired) electrons. The van der Waals surface area contributed by atoms with Crippen LogP contribution in [0.15, 0.2) is 57.7 Å². The van der Waals surface area contributed by atoms with Gasteiger partial charge in [-0.05, 0) is 69.1 Å². The Labute approximate surface area is 363 Å². The predicted octanol–water partition coefficient (Wildman–Crippen LogP) is 2.06. The van der Waals surface area contributed by atoms with Crippen molar-refractivity contribution < 1.29 is 43.3 Å². The minimum Gasteiger partial charge on any atom is -0.480 e. The Bertz CT molecular complexity index is 2440. The summed E-state index contributed by atoms with van der Waals surface area (Å²) in [4.78, 5) is 106. The molecule has 1 saturated heterocycles. The van der Waals surface area contributed by atoms with Crippen LogP contribution < -0.4 is 27.7 Å². The number of allylic oxidation sites excluding steroid dienone is 2. The number of nitrogens with one attached hydrogen (secondary N) is 3. The quantitative estimate of drug-likeness (QED) is 0.0538. The summed E-state index contributed by atoms with van der Waals surface area (Å²) in [6.45, 7) is 2.27. The number of piperidine rings is 1. The van der Waals surface area contributed by atoms with Gasteiger partial charge in [-0.15, -0.1) is 0 Å². The Kier molecular flexibility index (Phi) is 13.3. The number of nitrogens with zero attached hydrogens (tertiary/aromatic N) is 4. The SMILES string of the molecule is CO[C@@]12[C@H](COC(N)=O)C3=C(C(=O)C(C)=C(CCCSSC[C@@H](NC(=O)CCCNC(=O)c4ccc(CCc5cnc6nc(N)[nH]c(=O)c6n5)cc4)C(=O)O)C3=O)N1C[C@@H]1C[C@@H]12. The molecule has 1 saturated carbocycles. The molecule has 0 spiro atoms. The van der Waals surface area contributed by atoms with Crippen LogP contribution in [0.4, 0.5) is 10.7 Å². The molecule has 2 aromatic heterocycles. The fourth-order valence-electron chi connectivity index (χ4n) is 8.66. The molecule has 3 amide bonds. The van der Waals surface area contributed by atoms with Gasteiger partial charge < -0.3 is 41.6 Å². The Morgan fingerprint density at radius 1 is 1.06 bits per heavy atom. The van der Waals surface area contributed by atoms with Crippen molar-refractivity contribution >= 4 is 74.1 Å². The largest absolute Gasteiger partial charge is 0.480 e. The number of fused-ring (bicyclic) bond motifs is 5. The summed E-state index contributed by atoms with van der Waals surface area (Å²) < 4.78 is 11.3. The number of aromatic nitrogens is 4. The molecule has 0 bridgehead atoms. The first kappa shape index (κ1) is 44.3. The van der Waals surface area contributed by atoms with E-state index in [1.54, 1.807) is 32.4 Å². The smallest absolute Gasteiger partial charge is 0.404 e. The predicted molar refractivity (Wildman–Crippen MR) is 228 cm³/mol. The number of aryl methyl sites for hydroxylation is 2. The molecule has 62 heavy (non-hydrogen) atoms. The van der Waals surface area contributed by atoms with E-state index in [9.17, 15) is 38.7 Å². The normalized spacial score (nSPS) is 21.7. The molecule has 328 valence electrons. The molecule has 8 N–H and O–H groups in total. The van der Waals surface area contributed by atoms with Gasteiger partial charge >= 0.3 is 12.1 Å².